The van der Waals surface area contributed by atoms with Crippen molar-refractivity contribution in [2.45, 2.75) is 46.6 Å². The summed E-state index contributed by atoms with van der Waals surface area (Å²) in [7, 11) is 0. The lowest BCUT2D eigenvalue weighted by molar-refractivity contribution is 0.00326. The second kappa shape index (κ2) is 8.00. The van der Waals surface area contributed by atoms with Crippen LogP contribution in [0.25, 0.3) is 0 Å². The molecular formula is C16H26N2O2. The van der Waals surface area contributed by atoms with Gasteiger partial charge in [-0.05, 0) is 25.0 Å². The lowest BCUT2D eigenvalue weighted by Gasteiger charge is -2.33. The first-order valence-corrected chi connectivity index (χ1v) is 7.45. The Balaban J connectivity index is 0.000000956. The summed E-state index contributed by atoms with van der Waals surface area (Å²) in [5, 5.41) is 0. The van der Waals surface area contributed by atoms with Crippen molar-refractivity contribution in [1.29, 1.82) is 0 Å². The molecule has 20 heavy (non-hydrogen) atoms. The summed E-state index contributed by atoms with van der Waals surface area (Å²) in [5.41, 5.74) is 1.50. The van der Waals surface area contributed by atoms with Crippen LogP contribution in [0.4, 0.5) is 0 Å². The first kappa shape index (κ1) is 16.6. The van der Waals surface area contributed by atoms with Crippen LogP contribution in [0.5, 0.6) is 0 Å². The SMILES string of the molecule is CC.CC(C)c1cccc(C(=O)N2CCOCC2C)n1. The van der Waals surface area contributed by atoms with E-state index in [9.17, 15) is 4.79 Å². The van der Waals surface area contributed by atoms with Crippen molar-refractivity contribution in [2.75, 3.05) is 19.8 Å². The monoisotopic (exact) mass is 278 g/mol. The van der Waals surface area contributed by atoms with E-state index in [0.29, 0.717) is 31.4 Å². The number of carbonyl (C=O) groups excluding carboxylic acids is 1. The molecule has 2 rings (SSSR count). The molecule has 1 aromatic heterocycles. The van der Waals surface area contributed by atoms with Crippen LogP contribution in [0.15, 0.2) is 18.2 Å². The number of ether oxygens (including phenoxy) is 1. The van der Waals surface area contributed by atoms with Crippen molar-refractivity contribution in [1.82, 2.24) is 9.88 Å². The minimum absolute atomic E-state index is 0.00769. The summed E-state index contributed by atoms with van der Waals surface area (Å²) in [5.74, 6) is 0.341. The number of rotatable bonds is 2. The predicted octanol–water partition coefficient (Wildman–Crippen LogP) is 3.09. The first-order valence-electron chi connectivity index (χ1n) is 7.45. The van der Waals surface area contributed by atoms with Gasteiger partial charge >= 0.3 is 0 Å². The van der Waals surface area contributed by atoms with Gasteiger partial charge in [0.1, 0.15) is 5.69 Å². The predicted molar refractivity (Wildman–Crippen MR) is 81.0 cm³/mol. The van der Waals surface area contributed by atoms with E-state index in [1.54, 1.807) is 6.07 Å². The summed E-state index contributed by atoms with van der Waals surface area (Å²) in [6, 6.07) is 5.78. The summed E-state index contributed by atoms with van der Waals surface area (Å²) in [6.45, 7) is 12.0. The van der Waals surface area contributed by atoms with Crippen molar-refractivity contribution < 1.29 is 9.53 Å². The second-order valence-electron chi connectivity index (χ2n) is 5.02. The fourth-order valence-electron chi connectivity index (χ4n) is 2.07. The standard InChI is InChI=1S/C14H20N2O2.C2H6/c1-10(2)12-5-4-6-13(15-12)14(17)16-7-8-18-9-11(16)3;1-2/h4-6,10-11H,7-9H2,1-3H3;1-2H3. The summed E-state index contributed by atoms with van der Waals surface area (Å²) >= 11 is 0. The molecule has 1 aromatic rings. The average Bonchev–Trinajstić information content (AvgIpc) is 2.49. The molecule has 1 amide bonds. The van der Waals surface area contributed by atoms with Gasteiger partial charge in [0.25, 0.3) is 5.91 Å². The van der Waals surface area contributed by atoms with Crippen LogP contribution in [-0.2, 0) is 4.74 Å². The molecular weight excluding hydrogens is 252 g/mol. The molecule has 0 N–H and O–H groups in total. The van der Waals surface area contributed by atoms with E-state index >= 15 is 0 Å². The molecule has 0 spiro atoms. The van der Waals surface area contributed by atoms with E-state index in [2.05, 4.69) is 18.8 Å². The number of morpholine rings is 1. The maximum Gasteiger partial charge on any atom is 0.272 e. The minimum atomic E-state index is 0.00769. The molecule has 4 heteroatoms. The van der Waals surface area contributed by atoms with Gasteiger partial charge in [0.2, 0.25) is 0 Å². The molecule has 1 aliphatic heterocycles. The molecule has 1 saturated heterocycles. The number of pyridine rings is 1. The van der Waals surface area contributed by atoms with E-state index in [1.165, 1.54) is 0 Å². The first-order chi connectivity index (χ1) is 9.59. The maximum atomic E-state index is 12.4. The van der Waals surface area contributed by atoms with Crippen LogP contribution in [-0.4, -0.2) is 41.6 Å². The molecule has 1 fully saturated rings. The van der Waals surface area contributed by atoms with Gasteiger partial charge in [0.05, 0.1) is 19.3 Å². The zero-order valence-corrected chi connectivity index (χ0v) is 13.2. The zero-order chi connectivity index (χ0) is 15.1. The Morgan fingerprint density at radius 3 is 2.70 bits per heavy atom. The van der Waals surface area contributed by atoms with Gasteiger partial charge in [-0.2, -0.15) is 0 Å². The van der Waals surface area contributed by atoms with E-state index in [4.69, 9.17) is 4.74 Å². The molecule has 1 unspecified atom stereocenters. The lowest BCUT2D eigenvalue weighted by Crippen LogP contribution is -2.47. The van der Waals surface area contributed by atoms with Gasteiger partial charge in [-0.1, -0.05) is 33.8 Å². The number of hydrogen-bond donors (Lipinski definition) is 0. The average molecular weight is 278 g/mol. The molecule has 0 aromatic carbocycles. The lowest BCUT2D eigenvalue weighted by atomic mass is 10.1. The van der Waals surface area contributed by atoms with Gasteiger partial charge < -0.3 is 9.64 Å². The molecule has 0 bridgehead atoms. The van der Waals surface area contributed by atoms with E-state index in [1.807, 2.05) is 37.8 Å². The number of carbonyl (C=O) groups is 1. The molecule has 0 radical (unpaired) electrons. The molecule has 112 valence electrons. The van der Waals surface area contributed by atoms with Crippen LogP contribution in [0.2, 0.25) is 0 Å². The van der Waals surface area contributed by atoms with Gasteiger partial charge in [-0.25, -0.2) is 4.98 Å². The van der Waals surface area contributed by atoms with Crippen LogP contribution in [0, 0.1) is 0 Å². The Bertz CT molecular complexity index is 432. The Morgan fingerprint density at radius 1 is 1.40 bits per heavy atom. The van der Waals surface area contributed by atoms with Crippen molar-refractivity contribution >= 4 is 5.91 Å². The largest absolute Gasteiger partial charge is 0.377 e. The van der Waals surface area contributed by atoms with Gasteiger partial charge in [0.15, 0.2) is 0 Å². The zero-order valence-electron chi connectivity index (χ0n) is 13.2. The third-order valence-corrected chi connectivity index (χ3v) is 3.21. The van der Waals surface area contributed by atoms with Gasteiger partial charge in [-0.15, -0.1) is 0 Å². The molecule has 4 nitrogen and oxygen atoms in total. The van der Waals surface area contributed by atoms with Crippen LogP contribution >= 0.6 is 0 Å². The maximum absolute atomic E-state index is 12.4. The fourth-order valence-corrected chi connectivity index (χ4v) is 2.07. The second-order valence-corrected chi connectivity index (χ2v) is 5.02. The highest BCUT2D eigenvalue weighted by Crippen LogP contribution is 2.15. The topological polar surface area (TPSA) is 42.4 Å². The summed E-state index contributed by atoms with van der Waals surface area (Å²) < 4.78 is 5.35. The molecule has 1 atom stereocenters. The smallest absolute Gasteiger partial charge is 0.272 e. The molecule has 2 heterocycles. The highest BCUT2D eigenvalue weighted by molar-refractivity contribution is 5.92. The Labute approximate surface area is 122 Å². The third-order valence-electron chi connectivity index (χ3n) is 3.21. The Hall–Kier alpha value is -1.42. The van der Waals surface area contributed by atoms with Crippen LogP contribution < -0.4 is 0 Å². The van der Waals surface area contributed by atoms with Crippen LogP contribution in [0.1, 0.15) is 56.7 Å². The van der Waals surface area contributed by atoms with E-state index in [-0.39, 0.29) is 11.9 Å². The van der Waals surface area contributed by atoms with Gasteiger partial charge in [-0.3, -0.25) is 4.79 Å². The number of amides is 1. The number of aromatic nitrogens is 1. The minimum Gasteiger partial charge on any atom is -0.377 e. The Kier molecular flexibility index (Phi) is 6.65. The summed E-state index contributed by atoms with van der Waals surface area (Å²) in [6.07, 6.45) is 0. The number of hydrogen-bond acceptors (Lipinski definition) is 3. The van der Waals surface area contributed by atoms with Crippen LogP contribution in [0.3, 0.4) is 0 Å². The quantitative estimate of drug-likeness (QED) is 0.835. The van der Waals surface area contributed by atoms with Crippen molar-refractivity contribution in [3.8, 4) is 0 Å². The summed E-state index contributed by atoms with van der Waals surface area (Å²) in [4.78, 5) is 18.7. The number of nitrogens with zero attached hydrogens (tertiary/aromatic N) is 2. The third kappa shape index (κ3) is 4.04. The highest BCUT2D eigenvalue weighted by atomic mass is 16.5. The van der Waals surface area contributed by atoms with Crippen molar-refractivity contribution in [3.63, 3.8) is 0 Å². The normalized spacial score (nSPS) is 18.5. The molecule has 0 saturated carbocycles. The highest BCUT2D eigenvalue weighted by Gasteiger charge is 2.25. The van der Waals surface area contributed by atoms with E-state index < -0.39 is 0 Å². The van der Waals surface area contributed by atoms with E-state index in [0.717, 1.165) is 5.69 Å². The van der Waals surface area contributed by atoms with Crippen molar-refractivity contribution in [2.24, 2.45) is 0 Å². The van der Waals surface area contributed by atoms with Gasteiger partial charge in [0, 0.05) is 12.2 Å². The molecule has 1 aliphatic rings. The molecule has 0 aliphatic carbocycles. The van der Waals surface area contributed by atoms with Crippen molar-refractivity contribution in [3.05, 3.63) is 29.6 Å². The Morgan fingerprint density at radius 2 is 2.10 bits per heavy atom. The fraction of sp³-hybridized carbons (Fsp3) is 0.625.